The summed E-state index contributed by atoms with van der Waals surface area (Å²) in [6, 6.07) is 9.03. The van der Waals surface area contributed by atoms with Crippen LogP contribution >= 0.6 is 0 Å². The lowest BCUT2D eigenvalue weighted by Gasteiger charge is -2.35. The number of rotatable bonds is 6. The molecule has 2 unspecified atom stereocenters. The third-order valence-corrected chi connectivity index (χ3v) is 5.60. The van der Waals surface area contributed by atoms with Gasteiger partial charge in [0.25, 0.3) is 0 Å². The number of likely N-dealkylation sites (tertiary alicyclic amines) is 1. The van der Waals surface area contributed by atoms with E-state index in [-0.39, 0.29) is 5.91 Å². The number of nitrogens with two attached hydrogens (primary N) is 1. The first-order chi connectivity index (χ1) is 13.1. The van der Waals surface area contributed by atoms with E-state index in [1.807, 2.05) is 0 Å². The molecule has 0 aromatic heterocycles. The average Bonchev–Trinajstić information content (AvgIpc) is 3.09. The monoisotopic (exact) mass is 371 g/mol. The predicted molar refractivity (Wildman–Crippen MR) is 111 cm³/mol. The van der Waals surface area contributed by atoms with Crippen LogP contribution in [0, 0.1) is 5.92 Å². The molecule has 0 aliphatic carbocycles. The van der Waals surface area contributed by atoms with Crippen LogP contribution in [0.25, 0.3) is 0 Å². The van der Waals surface area contributed by atoms with Crippen LogP contribution in [0.4, 0.5) is 5.69 Å². The number of hydrogen-bond donors (Lipinski definition) is 2. The Morgan fingerprint density at radius 2 is 2.19 bits per heavy atom. The maximum Gasteiger partial charge on any atom is 0.217 e. The number of hydrogen-bond acceptors (Lipinski definition) is 3. The number of para-hydroxylation sites is 1. The van der Waals surface area contributed by atoms with Gasteiger partial charge in [-0.15, -0.1) is 0 Å². The molecule has 6 heteroatoms. The van der Waals surface area contributed by atoms with Gasteiger partial charge in [-0.3, -0.25) is 9.79 Å². The smallest absolute Gasteiger partial charge is 0.217 e. The van der Waals surface area contributed by atoms with E-state index in [1.54, 1.807) is 0 Å². The first-order valence-electron chi connectivity index (χ1n) is 10.2. The summed E-state index contributed by atoms with van der Waals surface area (Å²) in [6.07, 6.45) is 3.74. The molecule has 0 spiro atoms. The molecule has 148 valence electrons. The summed E-state index contributed by atoms with van der Waals surface area (Å²) < 4.78 is 0. The zero-order chi connectivity index (χ0) is 19.2. The molecule has 27 heavy (non-hydrogen) atoms. The zero-order valence-electron chi connectivity index (χ0n) is 16.7. The van der Waals surface area contributed by atoms with Crippen LogP contribution in [0.2, 0.25) is 0 Å². The molecule has 2 heterocycles. The number of primary amides is 1. The molecule has 0 saturated carbocycles. The maximum absolute atomic E-state index is 11.3. The molecule has 6 nitrogen and oxygen atoms in total. The van der Waals surface area contributed by atoms with Crippen molar-refractivity contribution in [3.05, 3.63) is 29.8 Å². The predicted octanol–water partition coefficient (Wildman–Crippen LogP) is 1.99. The Bertz CT molecular complexity index is 674. The fourth-order valence-electron chi connectivity index (χ4n) is 4.27. The second-order valence-corrected chi connectivity index (χ2v) is 7.74. The Morgan fingerprint density at radius 1 is 1.37 bits per heavy atom. The maximum atomic E-state index is 11.3. The number of carbonyl (C=O) groups excluding carboxylic acids is 1. The van der Waals surface area contributed by atoms with Crippen molar-refractivity contribution in [3.8, 4) is 0 Å². The third-order valence-electron chi connectivity index (χ3n) is 5.60. The van der Waals surface area contributed by atoms with Gasteiger partial charge in [0.2, 0.25) is 5.91 Å². The number of guanidine groups is 1. The van der Waals surface area contributed by atoms with Gasteiger partial charge >= 0.3 is 0 Å². The average molecular weight is 372 g/mol. The summed E-state index contributed by atoms with van der Waals surface area (Å²) >= 11 is 0. The standard InChI is InChI=1S/C21H33N5O/c1-3-23-21(25-11-6-7-17(15-25)13-20(22)27)24-14-16(2)26-12-10-18-8-4-5-9-19(18)26/h4-5,8-9,16-17H,3,6-7,10-15H2,1-2H3,(H2,22,27)(H,23,24). The van der Waals surface area contributed by atoms with Gasteiger partial charge < -0.3 is 20.9 Å². The van der Waals surface area contributed by atoms with Gasteiger partial charge in [-0.1, -0.05) is 18.2 Å². The Morgan fingerprint density at radius 3 is 2.96 bits per heavy atom. The van der Waals surface area contributed by atoms with Gasteiger partial charge in [0.1, 0.15) is 0 Å². The van der Waals surface area contributed by atoms with Crippen molar-refractivity contribution in [1.82, 2.24) is 10.2 Å². The first kappa shape index (κ1) is 19.5. The normalized spacial score (nSPS) is 21.1. The third kappa shape index (κ3) is 4.93. The number of fused-ring (bicyclic) bond motifs is 1. The quantitative estimate of drug-likeness (QED) is 0.592. The number of nitrogens with zero attached hydrogens (tertiary/aromatic N) is 3. The fourth-order valence-corrected chi connectivity index (χ4v) is 4.27. The first-order valence-corrected chi connectivity index (χ1v) is 10.2. The van der Waals surface area contributed by atoms with Crippen molar-refractivity contribution in [2.45, 2.75) is 45.6 Å². The molecule has 1 amide bonds. The Labute approximate surface area is 162 Å². The minimum atomic E-state index is -0.204. The highest BCUT2D eigenvalue weighted by molar-refractivity contribution is 5.80. The van der Waals surface area contributed by atoms with Crippen LogP contribution in [0.1, 0.15) is 38.7 Å². The topological polar surface area (TPSA) is 74.0 Å². The van der Waals surface area contributed by atoms with Crippen LogP contribution < -0.4 is 16.0 Å². The van der Waals surface area contributed by atoms with E-state index >= 15 is 0 Å². The highest BCUT2D eigenvalue weighted by Gasteiger charge is 2.25. The van der Waals surface area contributed by atoms with Gasteiger partial charge in [0.05, 0.1) is 6.54 Å². The van der Waals surface area contributed by atoms with E-state index in [1.165, 1.54) is 11.3 Å². The second kappa shape index (κ2) is 9.11. The van der Waals surface area contributed by atoms with Gasteiger partial charge in [0.15, 0.2) is 5.96 Å². The molecule has 3 rings (SSSR count). The van der Waals surface area contributed by atoms with Crippen LogP contribution in [0.3, 0.4) is 0 Å². The lowest BCUT2D eigenvalue weighted by molar-refractivity contribution is -0.119. The van der Waals surface area contributed by atoms with Crippen molar-refractivity contribution < 1.29 is 4.79 Å². The lowest BCUT2D eigenvalue weighted by Crippen LogP contribution is -2.47. The van der Waals surface area contributed by atoms with Crippen molar-refractivity contribution >= 4 is 17.6 Å². The number of anilines is 1. The number of aliphatic imine (C=N–C) groups is 1. The van der Waals surface area contributed by atoms with Crippen molar-refractivity contribution in [1.29, 1.82) is 0 Å². The highest BCUT2D eigenvalue weighted by Crippen LogP contribution is 2.29. The SMILES string of the molecule is CCNC(=NCC(C)N1CCc2ccccc21)N1CCCC(CC(N)=O)C1. The largest absolute Gasteiger partial charge is 0.370 e. The van der Waals surface area contributed by atoms with E-state index in [2.05, 4.69) is 53.2 Å². The second-order valence-electron chi connectivity index (χ2n) is 7.74. The molecule has 0 radical (unpaired) electrons. The molecule has 1 aromatic carbocycles. The van der Waals surface area contributed by atoms with Crippen LogP contribution in [0.5, 0.6) is 0 Å². The van der Waals surface area contributed by atoms with Crippen LogP contribution in [-0.4, -0.2) is 55.5 Å². The molecule has 3 N–H and O–H groups in total. The van der Waals surface area contributed by atoms with Crippen LogP contribution in [-0.2, 0) is 11.2 Å². The molecule has 1 aromatic rings. The lowest BCUT2D eigenvalue weighted by atomic mass is 9.95. The van der Waals surface area contributed by atoms with Crippen molar-refractivity contribution in [2.75, 3.05) is 37.6 Å². The van der Waals surface area contributed by atoms with E-state index in [4.69, 9.17) is 10.7 Å². The molecular formula is C21H33N5O. The molecule has 2 aliphatic rings. The number of amides is 1. The molecule has 1 fully saturated rings. The Hall–Kier alpha value is -2.24. The Balaban J connectivity index is 1.64. The number of carbonyl (C=O) groups is 1. The fraction of sp³-hybridized carbons (Fsp3) is 0.619. The summed E-state index contributed by atoms with van der Waals surface area (Å²) in [5, 5.41) is 3.43. The summed E-state index contributed by atoms with van der Waals surface area (Å²) in [4.78, 5) is 21.0. The van der Waals surface area contributed by atoms with E-state index in [0.29, 0.717) is 18.4 Å². The van der Waals surface area contributed by atoms with Gasteiger partial charge in [-0.25, -0.2) is 0 Å². The van der Waals surface area contributed by atoms with Gasteiger partial charge in [-0.2, -0.15) is 0 Å². The zero-order valence-corrected chi connectivity index (χ0v) is 16.7. The van der Waals surface area contributed by atoms with Crippen molar-refractivity contribution in [3.63, 3.8) is 0 Å². The van der Waals surface area contributed by atoms with Crippen LogP contribution in [0.15, 0.2) is 29.3 Å². The summed E-state index contributed by atoms with van der Waals surface area (Å²) in [7, 11) is 0. The number of benzene rings is 1. The molecule has 0 bridgehead atoms. The number of piperidine rings is 1. The van der Waals surface area contributed by atoms with Crippen molar-refractivity contribution in [2.24, 2.45) is 16.6 Å². The Kier molecular flexibility index (Phi) is 6.58. The van der Waals surface area contributed by atoms with E-state index in [0.717, 1.165) is 57.9 Å². The van der Waals surface area contributed by atoms with E-state index in [9.17, 15) is 4.79 Å². The minimum absolute atomic E-state index is 0.204. The highest BCUT2D eigenvalue weighted by atomic mass is 16.1. The van der Waals surface area contributed by atoms with E-state index < -0.39 is 0 Å². The van der Waals surface area contributed by atoms with Gasteiger partial charge in [0, 0.05) is 44.3 Å². The molecule has 2 aliphatic heterocycles. The molecule has 2 atom stereocenters. The van der Waals surface area contributed by atoms with Gasteiger partial charge in [-0.05, 0) is 50.7 Å². The summed E-state index contributed by atoms with van der Waals surface area (Å²) in [5.74, 6) is 1.10. The molecule has 1 saturated heterocycles. The number of nitrogens with one attached hydrogen (secondary N) is 1. The summed E-state index contributed by atoms with van der Waals surface area (Å²) in [5.41, 5.74) is 8.19. The summed E-state index contributed by atoms with van der Waals surface area (Å²) in [6.45, 7) is 8.86. The minimum Gasteiger partial charge on any atom is -0.370 e. The molecular weight excluding hydrogens is 338 g/mol.